The van der Waals surface area contributed by atoms with Crippen molar-refractivity contribution < 1.29 is 22.8 Å². The Balaban J connectivity index is 3.24. The average Bonchev–Trinajstić information content (AvgIpc) is 2.32. The summed E-state index contributed by atoms with van der Waals surface area (Å²) in [5, 5.41) is 0. The Bertz CT molecular complexity index is 460. The van der Waals surface area contributed by atoms with E-state index >= 15 is 0 Å². The lowest BCUT2D eigenvalue weighted by molar-refractivity contribution is -0.00212. The quantitative estimate of drug-likeness (QED) is 0.353. The summed E-state index contributed by atoms with van der Waals surface area (Å²) in [5.41, 5.74) is 8.80. The minimum atomic E-state index is -3.65. The highest BCUT2D eigenvalue weighted by Crippen LogP contribution is 2.49. The van der Waals surface area contributed by atoms with Gasteiger partial charge in [0.15, 0.2) is 0 Å². The molecular weight excluding hydrogens is 234 g/mol. The molecule has 0 amide bonds. The van der Waals surface area contributed by atoms with Crippen LogP contribution in [-0.2, 0) is 13.6 Å². The highest BCUT2D eigenvalue weighted by atomic mass is 31.2. The number of benzene rings is 1. The van der Waals surface area contributed by atoms with Crippen LogP contribution >= 0.6 is 7.60 Å². The lowest BCUT2D eigenvalue weighted by Crippen LogP contribution is -2.07. The van der Waals surface area contributed by atoms with Crippen molar-refractivity contribution in [2.24, 2.45) is 0 Å². The summed E-state index contributed by atoms with van der Waals surface area (Å²) >= 11 is 0. The van der Waals surface area contributed by atoms with E-state index in [0.29, 0.717) is 0 Å². The first-order valence-electron chi connectivity index (χ1n) is 4.27. The molecule has 0 unspecified atom stereocenters. The second-order valence-corrected chi connectivity index (χ2v) is 4.94. The fourth-order valence-corrected chi connectivity index (χ4v) is 2.19. The Morgan fingerprint density at radius 1 is 1.31 bits per heavy atom. The average molecular weight is 244 g/mol. The van der Waals surface area contributed by atoms with Crippen molar-refractivity contribution in [1.29, 1.82) is 0 Å². The highest BCUT2D eigenvalue weighted by molar-refractivity contribution is 7.72. The molecule has 0 aliphatic carbocycles. The Hall–Kier alpha value is -1.32. The number of nitrogens with zero attached hydrogens (tertiary/aromatic N) is 2. The Morgan fingerprint density at radius 3 is 2.19 bits per heavy atom. The molecule has 1 aromatic rings. The van der Waals surface area contributed by atoms with Crippen LogP contribution in [0.5, 0.6) is 0 Å². The Kier molecular flexibility index (Phi) is 4.10. The van der Waals surface area contributed by atoms with E-state index in [1.165, 1.54) is 26.4 Å². The van der Waals surface area contributed by atoms with Gasteiger partial charge in [0.25, 0.3) is 0 Å². The summed E-state index contributed by atoms with van der Waals surface area (Å²) in [4.78, 5) is 2.88. The van der Waals surface area contributed by atoms with Gasteiger partial charge in [-0.05, 0) is 24.3 Å². The maximum atomic E-state index is 12.7. The first-order chi connectivity index (χ1) is 7.57. The van der Waals surface area contributed by atoms with E-state index in [-0.39, 0.29) is 11.0 Å². The maximum Gasteiger partial charge on any atom is 0.442 e. The molecule has 0 saturated heterocycles. The third-order valence-corrected chi connectivity index (χ3v) is 3.77. The number of rotatable bonds is 4. The van der Waals surface area contributed by atoms with Gasteiger partial charge in [-0.25, -0.2) is 8.96 Å². The molecular formula is C9H10FN2O3P. The van der Waals surface area contributed by atoms with Gasteiger partial charge in [-0.1, -0.05) is 0 Å². The molecule has 0 saturated carbocycles. The zero-order valence-electron chi connectivity index (χ0n) is 8.75. The third kappa shape index (κ3) is 2.43. The van der Waals surface area contributed by atoms with Crippen LogP contribution in [0.2, 0.25) is 0 Å². The third-order valence-electron chi connectivity index (χ3n) is 1.94. The number of hydrogen-bond donors (Lipinski definition) is 0. The van der Waals surface area contributed by atoms with Crippen LogP contribution in [0.1, 0.15) is 5.56 Å². The molecule has 7 heteroatoms. The standard InChI is InChI=1S/C9H10FN2O3P/c1-14-16(13,15-2)9(12-11)7-3-5-8(10)6-4-7/h3-6H,1-2H3. The zero-order chi connectivity index (χ0) is 12.2. The van der Waals surface area contributed by atoms with Crippen molar-refractivity contribution in [2.45, 2.75) is 0 Å². The van der Waals surface area contributed by atoms with Crippen LogP contribution in [-0.4, -0.2) is 24.5 Å². The molecule has 0 atom stereocenters. The van der Waals surface area contributed by atoms with Gasteiger partial charge in [0.05, 0.1) is 5.56 Å². The van der Waals surface area contributed by atoms with E-state index in [9.17, 15) is 8.96 Å². The van der Waals surface area contributed by atoms with Crippen LogP contribution in [0.4, 0.5) is 4.39 Å². The Labute approximate surface area is 92.0 Å². The van der Waals surface area contributed by atoms with Gasteiger partial charge >= 0.3 is 13.0 Å². The molecule has 1 aromatic carbocycles. The molecule has 0 aliphatic heterocycles. The van der Waals surface area contributed by atoms with Gasteiger partial charge in [0, 0.05) is 14.2 Å². The van der Waals surface area contributed by atoms with Gasteiger partial charge in [0.2, 0.25) is 0 Å². The number of halogens is 1. The topological polar surface area (TPSA) is 71.9 Å². The molecule has 0 bridgehead atoms. The Morgan fingerprint density at radius 2 is 1.81 bits per heavy atom. The van der Waals surface area contributed by atoms with Gasteiger partial charge in [-0.2, -0.15) is 4.79 Å². The molecule has 0 aromatic heterocycles. The molecule has 5 nitrogen and oxygen atoms in total. The first kappa shape index (κ1) is 12.7. The predicted octanol–water partition coefficient (Wildman–Crippen LogP) is 2.29. The van der Waals surface area contributed by atoms with E-state index in [1.807, 2.05) is 0 Å². The van der Waals surface area contributed by atoms with Gasteiger partial charge in [-0.3, -0.25) is 0 Å². The van der Waals surface area contributed by atoms with Crippen molar-refractivity contribution in [2.75, 3.05) is 14.2 Å². The lowest BCUT2D eigenvalue weighted by Gasteiger charge is -2.08. The van der Waals surface area contributed by atoms with Gasteiger partial charge in [-0.15, -0.1) is 0 Å². The van der Waals surface area contributed by atoms with E-state index in [4.69, 9.17) is 5.53 Å². The van der Waals surface area contributed by atoms with E-state index in [1.54, 1.807) is 0 Å². The summed E-state index contributed by atoms with van der Waals surface area (Å²) in [6.07, 6.45) is 0. The maximum absolute atomic E-state index is 12.7. The van der Waals surface area contributed by atoms with Crippen LogP contribution in [0.25, 0.3) is 5.53 Å². The minimum absolute atomic E-state index is 0.260. The van der Waals surface area contributed by atoms with Crippen molar-refractivity contribution in [3.63, 3.8) is 0 Å². The van der Waals surface area contributed by atoms with Crippen molar-refractivity contribution in [3.05, 3.63) is 41.2 Å². The minimum Gasteiger partial charge on any atom is -0.360 e. The van der Waals surface area contributed by atoms with Crippen LogP contribution < -0.4 is 0 Å². The van der Waals surface area contributed by atoms with Crippen molar-refractivity contribution >= 4 is 13.0 Å². The second-order valence-electron chi connectivity index (χ2n) is 2.79. The van der Waals surface area contributed by atoms with E-state index in [0.717, 1.165) is 12.1 Å². The molecule has 0 fully saturated rings. The summed E-state index contributed by atoms with van der Waals surface area (Å²) < 4.78 is 34.0. The molecule has 86 valence electrons. The summed E-state index contributed by atoms with van der Waals surface area (Å²) in [5.74, 6) is -0.453. The fourth-order valence-electron chi connectivity index (χ4n) is 1.12. The SMILES string of the molecule is COP(=O)(OC)C(=[N+]=[N-])c1ccc(F)cc1. The summed E-state index contributed by atoms with van der Waals surface area (Å²) in [7, 11) is -1.32. The molecule has 0 heterocycles. The molecule has 0 radical (unpaired) electrons. The van der Waals surface area contributed by atoms with Crippen LogP contribution in [0, 0.1) is 5.82 Å². The molecule has 0 N–H and O–H groups in total. The molecule has 0 aliphatic rings. The first-order valence-corrected chi connectivity index (χ1v) is 5.81. The largest absolute Gasteiger partial charge is 0.442 e. The monoisotopic (exact) mass is 244 g/mol. The number of hydrogen-bond acceptors (Lipinski definition) is 3. The van der Waals surface area contributed by atoms with E-state index < -0.39 is 13.4 Å². The molecule has 1 rings (SSSR count). The molecule has 0 spiro atoms. The smallest absolute Gasteiger partial charge is 0.360 e. The van der Waals surface area contributed by atoms with Crippen LogP contribution in [0.15, 0.2) is 24.3 Å². The summed E-state index contributed by atoms with van der Waals surface area (Å²) in [6.45, 7) is 0. The van der Waals surface area contributed by atoms with Gasteiger partial charge < -0.3 is 14.6 Å². The van der Waals surface area contributed by atoms with E-state index in [2.05, 4.69) is 13.8 Å². The van der Waals surface area contributed by atoms with Crippen molar-refractivity contribution in [1.82, 2.24) is 0 Å². The van der Waals surface area contributed by atoms with Crippen LogP contribution in [0.3, 0.4) is 0 Å². The predicted molar refractivity (Wildman–Crippen MR) is 55.8 cm³/mol. The second kappa shape index (κ2) is 5.14. The normalized spacial score (nSPS) is 10.9. The lowest BCUT2D eigenvalue weighted by atomic mass is 10.2. The molecule has 16 heavy (non-hydrogen) atoms. The van der Waals surface area contributed by atoms with Crippen molar-refractivity contribution in [3.8, 4) is 0 Å². The fraction of sp³-hybridized carbons (Fsp3) is 0.222. The zero-order valence-corrected chi connectivity index (χ0v) is 9.65. The van der Waals surface area contributed by atoms with Gasteiger partial charge in [0.1, 0.15) is 5.82 Å². The highest BCUT2D eigenvalue weighted by Gasteiger charge is 2.39. The summed E-state index contributed by atoms with van der Waals surface area (Å²) in [6, 6.07) is 4.93.